The van der Waals surface area contributed by atoms with Crippen LogP contribution in [0.4, 0.5) is 0 Å². The average Bonchev–Trinajstić information content (AvgIpc) is 2.93. The Morgan fingerprint density at radius 2 is 0.535 bits per heavy atom. The normalized spacial score (nSPS) is 13.2. The first-order valence-electron chi connectivity index (χ1n) is 17.9. The van der Waals surface area contributed by atoms with E-state index in [1.165, 1.54) is 155 Å². The molecular weight excluding hydrogens is 706 g/mol. The van der Waals surface area contributed by atoms with Crippen molar-refractivity contribution in [2.24, 2.45) is 0 Å². The van der Waals surface area contributed by atoms with Crippen molar-refractivity contribution in [3.8, 4) is 0 Å². The maximum atomic E-state index is 10.7. The van der Waals surface area contributed by atoms with E-state index in [-0.39, 0.29) is 48.9 Å². The van der Waals surface area contributed by atoms with E-state index in [9.17, 15) is 25.9 Å². The van der Waals surface area contributed by atoms with Gasteiger partial charge in [0, 0.05) is 10.5 Å². The van der Waals surface area contributed by atoms with Gasteiger partial charge in [0.05, 0.1) is 20.2 Å². The Hall–Kier alpha value is 1.39. The summed E-state index contributed by atoms with van der Waals surface area (Å²) in [5.74, 6) is 0. The van der Waals surface area contributed by atoms with Crippen LogP contribution in [-0.4, -0.2) is 85.3 Å². The van der Waals surface area contributed by atoms with Crippen LogP contribution in [0.2, 0.25) is 0 Å². The van der Waals surface area contributed by atoms with Gasteiger partial charge < -0.3 is 9.11 Å². The quantitative estimate of drug-likeness (QED) is 0.0408. The van der Waals surface area contributed by atoms with Crippen molar-refractivity contribution in [2.75, 3.05) is 0 Å². The third-order valence-electron chi connectivity index (χ3n) is 8.41. The van der Waals surface area contributed by atoms with Gasteiger partial charge in [-0.1, -0.05) is 181 Å². The first-order chi connectivity index (χ1) is 20.0. The van der Waals surface area contributed by atoms with Crippen LogP contribution in [0.25, 0.3) is 0 Å². The Morgan fingerprint density at radius 3 is 0.698 bits per heavy atom. The molecule has 0 aromatic rings. The van der Waals surface area contributed by atoms with Crippen molar-refractivity contribution in [3.63, 3.8) is 0 Å². The van der Waals surface area contributed by atoms with E-state index < -0.39 is 30.7 Å². The van der Waals surface area contributed by atoms with Crippen LogP contribution in [0.1, 0.15) is 207 Å². The summed E-state index contributed by atoms with van der Waals surface area (Å²) in [7, 11) is -8.14. The van der Waals surface area contributed by atoms with Gasteiger partial charge in [-0.2, -0.15) is 0 Å². The summed E-state index contributed by atoms with van der Waals surface area (Å²) in [4.78, 5) is 0. The molecule has 0 N–H and O–H groups in total. The maximum Gasteiger partial charge on any atom is 2.00 e. The maximum absolute atomic E-state index is 10.7. The van der Waals surface area contributed by atoms with Gasteiger partial charge in [-0.25, -0.2) is 16.8 Å². The SMILES string of the molecule is CCCCCCCCCCCCCCCC(C)S(=O)(=O)[O-].CCCCCCCCCCCCCCCC(C)S(=O)(=O)[O-].[Ba+2]. The van der Waals surface area contributed by atoms with E-state index in [0.717, 1.165) is 25.7 Å². The van der Waals surface area contributed by atoms with Crippen LogP contribution in [-0.2, 0) is 20.2 Å². The molecule has 0 aliphatic rings. The molecule has 2 atom stereocenters. The van der Waals surface area contributed by atoms with Crippen molar-refractivity contribution in [1.29, 1.82) is 0 Å². The summed E-state index contributed by atoms with van der Waals surface area (Å²) in [5.41, 5.74) is 0. The van der Waals surface area contributed by atoms with Gasteiger partial charge in [-0.3, -0.25) is 0 Å². The zero-order valence-electron chi connectivity index (χ0n) is 28.9. The molecule has 6 nitrogen and oxygen atoms in total. The summed E-state index contributed by atoms with van der Waals surface area (Å²) in [6.07, 6.45) is 34.2. The van der Waals surface area contributed by atoms with Crippen molar-refractivity contribution in [2.45, 2.75) is 218 Å². The van der Waals surface area contributed by atoms with Crippen LogP contribution in [0.15, 0.2) is 0 Å². The van der Waals surface area contributed by atoms with E-state index in [2.05, 4.69) is 13.8 Å². The van der Waals surface area contributed by atoms with Gasteiger partial charge in [0.2, 0.25) is 0 Å². The van der Waals surface area contributed by atoms with Gasteiger partial charge in [-0.05, 0) is 26.7 Å². The molecule has 0 aliphatic carbocycles. The van der Waals surface area contributed by atoms with Gasteiger partial charge >= 0.3 is 48.9 Å². The van der Waals surface area contributed by atoms with E-state index in [1.807, 2.05) is 0 Å². The summed E-state index contributed by atoms with van der Waals surface area (Å²) < 4.78 is 64.4. The van der Waals surface area contributed by atoms with Crippen molar-refractivity contribution < 1.29 is 25.9 Å². The zero-order chi connectivity index (χ0) is 32.0. The van der Waals surface area contributed by atoms with Crippen LogP contribution in [0.5, 0.6) is 0 Å². The summed E-state index contributed by atoms with van der Waals surface area (Å²) in [5, 5.41) is -1.43. The molecule has 0 saturated carbocycles. The van der Waals surface area contributed by atoms with Crippen LogP contribution in [0.3, 0.4) is 0 Å². The van der Waals surface area contributed by atoms with Gasteiger partial charge in [0.15, 0.2) is 0 Å². The summed E-state index contributed by atoms with van der Waals surface area (Å²) in [6, 6.07) is 0. The molecule has 0 saturated heterocycles. The zero-order valence-corrected chi connectivity index (χ0v) is 35.0. The second-order valence-electron chi connectivity index (χ2n) is 12.7. The standard InChI is InChI=1S/2C17H36O3S.Ba/c2*1-3-4-5-6-7-8-9-10-11-12-13-14-15-16-17(2)21(18,19)20;/h2*17H,3-16H2,1-2H3,(H,18,19,20);/q;;+2/p-2. The molecule has 0 aromatic heterocycles. The van der Waals surface area contributed by atoms with Crippen molar-refractivity contribution >= 4 is 69.1 Å². The number of rotatable bonds is 30. The molecule has 0 heterocycles. The molecule has 0 radical (unpaired) electrons. The molecule has 0 spiro atoms. The Bertz CT molecular complexity index is 695. The first-order valence-corrected chi connectivity index (χ1v) is 20.8. The smallest absolute Gasteiger partial charge is 0.748 e. The van der Waals surface area contributed by atoms with Crippen LogP contribution >= 0.6 is 0 Å². The molecular formula is C34H70BaO6S2. The fourth-order valence-electron chi connectivity index (χ4n) is 5.19. The van der Waals surface area contributed by atoms with Crippen LogP contribution < -0.4 is 0 Å². The second kappa shape index (κ2) is 34.7. The first kappa shape index (κ1) is 48.8. The summed E-state index contributed by atoms with van der Waals surface area (Å²) >= 11 is 0. The van der Waals surface area contributed by atoms with Gasteiger partial charge in [-0.15, -0.1) is 0 Å². The van der Waals surface area contributed by atoms with Crippen LogP contribution in [0, 0.1) is 0 Å². The van der Waals surface area contributed by atoms with Gasteiger partial charge in [0.25, 0.3) is 0 Å². The predicted molar refractivity (Wildman–Crippen MR) is 185 cm³/mol. The molecule has 0 bridgehead atoms. The third-order valence-corrected chi connectivity index (χ3v) is 10.9. The molecule has 9 heteroatoms. The number of hydrogen-bond donors (Lipinski definition) is 0. The van der Waals surface area contributed by atoms with E-state index in [1.54, 1.807) is 0 Å². The van der Waals surface area contributed by atoms with Crippen molar-refractivity contribution in [3.05, 3.63) is 0 Å². The number of hydrogen-bond acceptors (Lipinski definition) is 6. The largest absolute Gasteiger partial charge is 2.00 e. The molecule has 0 aliphatic heterocycles. The Balaban J connectivity index is -0.000000727. The Kier molecular flexibility index (Phi) is 39.4. The molecule has 256 valence electrons. The summed E-state index contributed by atoms with van der Waals surface area (Å²) in [6.45, 7) is 7.53. The minimum Gasteiger partial charge on any atom is -0.748 e. The minimum absolute atomic E-state index is 0. The molecule has 0 amide bonds. The molecule has 2 unspecified atom stereocenters. The van der Waals surface area contributed by atoms with E-state index >= 15 is 0 Å². The Labute approximate surface area is 310 Å². The fourth-order valence-corrected chi connectivity index (χ4v) is 6.10. The molecule has 0 aromatic carbocycles. The third kappa shape index (κ3) is 39.5. The molecule has 0 rings (SSSR count). The van der Waals surface area contributed by atoms with Gasteiger partial charge in [0.1, 0.15) is 0 Å². The Morgan fingerprint density at radius 1 is 0.372 bits per heavy atom. The average molecular weight is 776 g/mol. The topological polar surface area (TPSA) is 114 Å². The predicted octanol–water partition coefficient (Wildman–Crippen LogP) is 10.4. The van der Waals surface area contributed by atoms with Crippen molar-refractivity contribution in [1.82, 2.24) is 0 Å². The monoisotopic (exact) mass is 776 g/mol. The molecule has 43 heavy (non-hydrogen) atoms. The number of unbranched alkanes of at least 4 members (excludes halogenated alkanes) is 24. The second-order valence-corrected chi connectivity index (χ2v) is 16.3. The minimum atomic E-state index is -4.07. The fraction of sp³-hybridized carbons (Fsp3) is 1.00. The van der Waals surface area contributed by atoms with E-state index in [4.69, 9.17) is 0 Å². The molecule has 0 fully saturated rings. The van der Waals surface area contributed by atoms with E-state index in [0.29, 0.717) is 12.8 Å².